The number of hydrogen-bond acceptors (Lipinski definition) is 4. The number of benzene rings is 1. The Bertz CT molecular complexity index is 434. The molecule has 4 heteroatoms. The number of rotatable bonds is 5. The van der Waals surface area contributed by atoms with Gasteiger partial charge in [-0.15, -0.1) is 0 Å². The lowest BCUT2D eigenvalue weighted by Gasteiger charge is -2.19. The van der Waals surface area contributed by atoms with Gasteiger partial charge in [0.1, 0.15) is 5.60 Å². The van der Waals surface area contributed by atoms with Crippen LogP contribution in [0.25, 0.3) is 0 Å². The molecule has 0 saturated carbocycles. The number of ketones is 1. The van der Waals surface area contributed by atoms with Gasteiger partial charge in [-0.05, 0) is 26.3 Å². The van der Waals surface area contributed by atoms with Gasteiger partial charge in [-0.3, -0.25) is 9.59 Å². The number of ether oxygens (including phenoxy) is 1. The van der Waals surface area contributed by atoms with Crippen molar-refractivity contribution in [1.82, 2.24) is 0 Å². The van der Waals surface area contributed by atoms with Crippen molar-refractivity contribution < 1.29 is 14.3 Å². The maximum atomic E-state index is 11.9. The Morgan fingerprint density at radius 3 is 2.26 bits per heavy atom. The molecule has 0 fully saturated rings. The van der Waals surface area contributed by atoms with E-state index in [0.717, 1.165) is 5.56 Å². The fourth-order valence-electron chi connectivity index (χ4n) is 1.62. The van der Waals surface area contributed by atoms with Crippen molar-refractivity contribution in [3.05, 3.63) is 35.9 Å². The van der Waals surface area contributed by atoms with E-state index in [1.54, 1.807) is 32.9 Å². The monoisotopic (exact) mass is 263 g/mol. The molecular formula is C15H21NO3. The van der Waals surface area contributed by atoms with E-state index in [0.29, 0.717) is 0 Å². The van der Waals surface area contributed by atoms with Crippen molar-refractivity contribution in [2.24, 2.45) is 5.73 Å². The zero-order valence-electron chi connectivity index (χ0n) is 11.7. The fourth-order valence-corrected chi connectivity index (χ4v) is 1.62. The van der Waals surface area contributed by atoms with Gasteiger partial charge in [-0.1, -0.05) is 30.3 Å². The van der Waals surface area contributed by atoms with E-state index < -0.39 is 11.6 Å². The molecular weight excluding hydrogens is 242 g/mol. The predicted octanol–water partition coefficient (Wildman–Crippen LogP) is 2.38. The standard InChI is InChI=1S/C15H21NO3/c1-15(2,3)19-13(18)10-9-12(17)14(16)11-7-5-4-6-8-11/h4-8,14H,9-10,16H2,1-3H3/t14-/m1/s1. The third-order valence-electron chi connectivity index (χ3n) is 2.50. The van der Waals surface area contributed by atoms with E-state index in [9.17, 15) is 9.59 Å². The van der Waals surface area contributed by atoms with Crippen LogP contribution in [0.2, 0.25) is 0 Å². The van der Waals surface area contributed by atoms with Crippen LogP contribution in [-0.2, 0) is 14.3 Å². The van der Waals surface area contributed by atoms with Crippen LogP contribution in [0, 0.1) is 0 Å². The van der Waals surface area contributed by atoms with E-state index in [1.165, 1.54) is 0 Å². The average molecular weight is 263 g/mol. The van der Waals surface area contributed by atoms with Crippen molar-refractivity contribution >= 4 is 11.8 Å². The molecule has 0 spiro atoms. The van der Waals surface area contributed by atoms with E-state index in [-0.39, 0.29) is 24.6 Å². The first-order valence-corrected chi connectivity index (χ1v) is 6.34. The first-order valence-electron chi connectivity index (χ1n) is 6.34. The van der Waals surface area contributed by atoms with Gasteiger partial charge in [0.05, 0.1) is 12.5 Å². The van der Waals surface area contributed by atoms with Crippen LogP contribution in [0.15, 0.2) is 30.3 Å². The molecule has 0 heterocycles. The minimum absolute atomic E-state index is 0.0661. The molecule has 0 aliphatic rings. The summed E-state index contributed by atoms with van der Waals surface area (Å²) in [4.78, 5) is 23.4. The summed E-state index contributed by atoms with van der Waals surface area (Å²) >= 11 is 0. The highest BCUT2D eigenvalue weighted by Gasteiger charge is 2.20. The van der Waals surface area contributed by atoms with Gasteiger partial charge >= 0.3 is 5.97 Å². The Kier molecular flexibility index (Phi) is 5.24. The molecule has 0 aliphatic heterocycles. The molecule has 0 aromatic heterocycles. The Balaban J connectivity index is 2.46. The fraction of sp³-hybridized carbons (Fsp3) is 0.467. The van der Waals surface area contributed by atoms with Gasteiger partial charge in [-0.2, -0.15) is 0 Å². The third-order valence-corrected chi connectivity index (χ3v) is 2.50. The SMILES string of the molecule is CC(C)(C)OC(=O)CCC(=O)[C@H](N)c1ccccc1. The summed E-state index contributed by atoms with van der Waals surface area (Å²) in [6.07, 6.45) is 0.168. The van der Waals surface area contributed by atoms with E-state index in [4.69, 9.17) is 10.5 Å². The van der Waals surface area contributed by atoms with Gasteiger partial charge in [0.2, 0.25) is 0 Å². The molecule has 2 N–H and O–H groups in total. The zero-order chi connectivity index (χ0) is 14.5. The smallest absolute Gasteiger partial charge is 0.306 e. The molecule has 0 aliphatic carbocycles. The van der Waals surface area contributed by atoms with E-state index >= 15 is 0 Å². The minimum Gasteiger partial charge on any atom is -0.460 e. The first-order chi connectivity index (χ1) is 8.79. The molecule has 4 nitrogen and oxygen atoms in total. The second kappa shape index (κ2) is 6.48. The molecule has 1 aromatic rings. The van der Waals surface area contributed by atoms with Crippen molar-refractivity contribution in [2.45, 2.75) is 45.3 Å². The Hall–Kier alpha value is -1.68. The van der Waals surface area contributed by atoms with Gasteiger partial charge in [0.15, 0.2) is 5.78 Å². The molecule has 0 bridgehead atoms. The molecule has 1 rings (SSSR count). The topological polar surface area (TPSA) is 69.4 Å². The molecule has 1 atom stereocenters. The number of hydrogen-bond donors (Lipinski definition) is 1. The van der Waals surface area contributed by atoms with Crippen molar-refractivity contribution in [3.8, 4) is 0 Å². The summed E-state index contributed by atoms with van der Waals surface area (Å²) in [6, 6.07) is 8.45. The number of Topliss-reactive ketones (excluding diaryl/α,β-unsaturated/α-hetero) is 1. The molecule has 0 unspecified atom stereocenters. The highest BCUT2D eigenvalue weighted by Crippen LogP contribution is 2.14. The maximum absolute atomic E-state index is 11.9. The number of carbonyl (C=O) groups excluding carboxylic acids is 2. The van der Waals surface area contributed by atoms with Gasteiger partial charge in [-0.25, -0.2) is 0 Å². The second-order valence-electron chi connectivity index (χ2n) is 5.44. The lowest BCUT2D eigenvalue weighted by atomic mass is 10.0. The van der Waals surface area contributed by atoms with E-state index in [2.05, 4.69) is 0 Å². The number of esters is 1. The lowest BCUT2D eigenvalue weighted by Crippen LogP contribution is -2.26. The van der Waals surface area contributed by atoms with Crippen LogP contribution in [0.5, 0.6) is 0 Å². The molecule has 1 aromatic carbocycles. The second-order valence-corrected chi connectivity index (χ2v) is 5.44. The molecule has 104 valence electrons. The Labute approximate surface area is 113 Å². The summed E-state index contributed by atoms with van der Waals surface area (Å²) in [7, 11) is 0. The normalized spacial score (nSPS) is 12.8. The largest absolute Gasteiger partial charge is 0.460 e. The molecule has 0 amide bonds. The van der Waals surface area contributed by atoms with Gasteiger partial charge in [0, 0.05) is 6.42 Å². The zero-order valence-corrected chi connectivity index (χ0v) is 11.7. The summed E-state index contributed by atoms with van der Waals surface area (Å²) in [5.41, 5.74) is 6.09. The van der Waals surface area contributed by atoms with Crippen LogP contribution in [0.1, 0.15) is 45.2 Å². The average Bonchev–Trinajstić information content (AvgIpc) is 2.34. The van der Waals surface area contributed by atoms with Crippen molar-refractivity contribution in [1.29, 1.82) is 0 Å². The van der Waals surface area contributed by atoms with Crippen molar-refractivity contribution in [3.63, 3.8) is 0 Å². The Morgan fingerprint density at radius 2 is 1.74 bits per heavy atom. The summed E-state index contributed by atoms with van der Waals surface area (Å²) in [5.74, 6) is -0.529. The highest BCUT2D eigenvalue weighted by atomic mass is 16.6. The summed E-state index contributed by atoms with van der Waals surface area (Å²) < 4.78 is 5.14. The molecule has 19 heavy (non-hydrogen) atoms. The predicted molar refractivity (Wildman–Crippen MR) is 73.5 cm³/mol. The number of nitrogens with two attached hydrogens (primary N) is 1. The lowest BCUT2D eigenvalue weighted by molar-refractivity contribution is -0.155. The van der Waals surface area contributed by atoms with Crippen LogP contribution >= 0.6 is 0 Å². The van der Waals surface area contributed by atoms with Crippen LogP contribution in [0.4, 0.5) is 0 Å². The first kappa shape index (κ1) is 15.4. The molecule has 0 saturated heterocycles. The van der Waals surface area contributed by atoms with Crippen molar-refractivity contribution in [2.75, 3.05) is 0 Å². The maximum Gasteiger partial charge on any atom is 0.306 e. The van der Waals surface area contributed by atoms with Crippen LogP contribution in [0.3, 0.4) is 0 Å². The number of carbonyl (C=O) groups is 2. The quantitative estimate of drug-likeness (QED) is 0.828. The van der Waals surface area contributed by atoms with Crippen LogP contribution < -0.4 is 5.73 Å². The Morgan fingerprint density at radius 1 is 1.16 bits per heavy atom. The van der Waals surface area contributed by atoms with Crippen LogP contribution in [-0.4, -0.2) is 17.4 Å². The van der Waals surface area contributed by atoms with E-state index in [1.807, 2.05) is 18.2 Å². The molecule has 0 radical (unpaired) electrons. The third kappa shape index (κ3) is 5.66. The summed E-state index contributed by atoms with van der Waals surface area (Å²) in [5, 5.41) is 0. The highest BCUT2D eigenvalue weighted by molar-refractivity contribution is 5.87. The summed E-state index contributed by atoms with van der Waals surface area (Å²) in [6.45, 7) is 5.38. The van der Waals surface area contributed by atoms with Gasteiger partial charge < -0.3 is 10.5 Å². The van der Waals surface area contributed by atoms with Gasteiger partial charge in [0.25, 0.3) is 0 Å². The minimum atomic E-state index is -0.677.